The monoisotopic (exact) mass is 354 g/mol. The van der Waals surface area contributed by atoms with Crippen LogP contribution in [0, 0.1) is 0 Å². The molecule has 1 aliphatic rings. The van der Waals surface area contributed by atoms with Crippen molar-refractivity contribution >= 4 is 22.9 Å². The highest BCUT2D eigenvalue weighted by Gasteiger charge is 2.21. The van der Waals surface area contributed by atoms with Gasteiger partial charge in [-0.05, 0) is 35.1 Å². The highest BCUT2D eigenvalue weighted by Crippen LogP contribution is 2.25. The zero-order valence-electron chi connectivity index (χ0n) is 14.8. The minimum absolute atomic E-state index is 0.212. The number of hydrogen-bond donors (Lipinski definition) is 1. The van der Waals surface area contributed by atoms with E-state index in [1.165, 1.54) is 6.42 Å². The van der Waals surface area contributed by atoms with Crippen LogP contribution >= 0.6 is 0 Å². The first-order chi connectivity index (χ1) is 12.8. The minimum atomic E-state index is 0.212. The second-order valence-electron chi connectivity index (χ2n) is 6.52. The summed E-state index contributed by atoms with van der Waals surface area (Å²) >= 11 is 0. The first-order valence-corrected chi connectivity index (χ1v) is 8.90. The van der Waals surface area contributed by atoms with Gasteiger partial charge in [-0.3, -0.25) is 0 Å². The molecule has 1 fully saturated rings. The Balaban J connectivity index is 1.56. The summed E-state index contributed by atoms with van der Waals surface area (Å²) in [5, 5.41) is 11.0. The number of nitrogens with zero attached hydrogens (tertiary/aromatic N) is 5. The van der Waals surface area contributed by atoms with Crippen LogP contribution in [0.15, 0.2) is 35.0 Å². The number of likely N-dealkylation sites (N-methyl/N-ethyl adjacent to an activating group) is 1. The number of rotatable bonds is 6. The Morgan fingerprint density at radius 1 is 1.12 bits per heavy atom. The van der Waals surface area contributed by atoms with Crippen LogP contribution in [-0.2, 0) is 11.3 Å². The summed E-state index contributed by atoms with van der Waals surface area (Å²) in [5.74, 6) is 1.38. The lowest BCUT2D eigenvalue weighted by molar-refractivity contribution is 0.0215. The molecule has 1 N–H and O–H groups in total. The third-order valence-corrected chi connectivity index (χ3v) is 4.51. The number of benzene rings is 1. The van der Waals surface area contributed by atoms with E-state index in [1.807, 2.05) is 25.2 Å². The Morgan fingerprint density at radius 3 is 2.69 bits per heavy atom. The predicted octanol–water partition coefficient (Wildman–Crippen LogP) is 2.63. The summed E-state index contributed by atoms with van der Waals surface area (Å²) in [6.45, 7) is 2.23. The average molecular weight is 354 g/mol. The minimum Gasteiger partial charge on any atom is -0.376 e. The fourth-order valence-corrected chi connectivity index (χ4v) is 3.14. The molecule has 0 bridgehead atoms. The van der Waals surface area contributed by atoms with E-state index in [4.69, 9.17) is 9.37 Å². The van der Waals surface area contributed by atoms with E-state index >= 15 is 0 Å². The topological polar surface area (TPSA) is 89.2 Å². The van der Waals surface area contributed by atoms with Gasteiger partial charge in [0.15, 0.2) is 11.6 Å². The lowest BCUT2D eigenvalue weighted by Gasteiger charge is -2.28. The summed E-state index contributed by atoms with van der Waals surface area (Å²) in [4.78, 5) is 11.2. The number of fused-ring (bicyclic) bond motifs is 1. The first-order valence-electron chi connectivity index (χ1n) is 8.90. The van der Waals surface area contributed by atoms with Crippen LogP contribution in [0.25, 0.3) is 11.3 Å². The molecule has 0 unspecified atom stereocenters. The van der Waals surface area contributed by atoms with Crippen molar-refractivity contribution in [1.82, 2.24) is 20.3 Å². The van der Waals surface area contributed by atoms with Crippen molar-refractivity contribution in [3.05, 3.63) is 35.9 Å². The number of hydrogen-bond acceptors (Lipinski definition) is 8. The molecule has 4 rings (SSSR count). The summed E-state index contributed by atoms with van der Waals surface area (Å²) < 4.78 is 10.6. The van der Waals surface area contributed by atoms with Crippen LogP contribution in [0.2, 0.25) is 0 Å². The number of aromatic nitrogens is 4. The van der Waals surface area contributed by atoms with E-state index in [-0.39, 0.29) is 6.10 Å². The molecule has 0 aliphatic carbocycles. The largest absolute Gasteiger partial charge is 0.376 e. The van der Waals surface area contributed by atoms with Crippen molar-refractivity contribution in [3.63, 3.8) is 0 Å². The van der Waals surface area contributed by atoms with Crippen molar-refractivity contribution in [2.24, 2.45) is 0 Å². The van der Waals surface area contributed by atoms with Crippen molar-refractivity contribution in [2.75, 3.05) is 30.4 Å². The quantitative estimate of drug-likeness (QED) is 0.723. The standard InChI is InChI=1S/C18H22N6O2/c1-24(12-14-9-5-6-10-25-14)18-17(19-11-13-7-3-2-4-8-13)20-15-16(21-18)23-26-22-15/h2-4,7-8,14H,5-6,9-12H2,1H3,(H,19,20,22)/t14-/m1/s1. The molecule has 8 nitrogen and oxygen atoms in total. The lowest BCUT2D eigenvalue weighted by atomic mass is 10.1. The maximum atomic E-state index is 5.85. The Hall–Kier alpha value is -2.74. The predicted molar refractivity (Wildman–Crippen MR) is 98.0 cm³/mol. The Kier molecular flexibility index (Phi) is 4.92. The van der Waals surface area contributed by atoms with Gasteiger partial charge in [-0.15, -0.1) is 0 Å². The Morgan fingerprint density at radius 2 is 1.92 bits per heavy atom. The molecule has 3 aromatic rings. The van der Waals surface area contributed by atoms with Gasteiger partial charge in [0, 0.05) is 26.7 Å². The van der Waals surface area contributed by atoms with Crippen molar-refractivity contribution in [3.8, 4) is 0 Å². The van der Waals surface area contributed by atoms with E-state index < -0.39 is 0 Å². The van der Waals surface area contributed by atoms with Crippen LogP contribution in [0.3, 0.4) is 0 Å². The molecular weight excluding hydrogens is 332 g/mol. The van der Waals surface area contributed by atoms with Gasteiger partial charge in [-0.2, -0.15) is 0 Å². The van der Waals surface area contributed by atoms with Gasteiger partial charge in [0.2, 0.25) is 11.3 Å². The molecule has 3 heterocycles. The third kappa shape index (κ3) is 3.75. The molecule has 2 aromatic heterocycles. The smallest absolute Gasteiger partial charge is 0.245 e. The molecule has 1 aliphatic heterocycles. The van der Waals surface area contributed by atoms with Crippen LogP contribution in [0.4, 0.5) is 11.6 Å². The zero-order chi connectivity index (χ0) is 17.8. The van der Waals surface area contributed by atoms with Gasteiger partial charge in [0.25, 0.3) is 0 Å². The SMILES string of the molecule is CN(C[C@H]1CCCCO1)c1nc2nonc2nc1NCc1ccccc1. The highest BCUT2D eigenvalue weighted by molar-refractivity contribution is 5.73. The third-order valence-electron chi connectivity index (χ3n) is 4.51. The van der Waals surface area contributed by atoms with Gasteiger partial charge < -0.3 is 15.0 Å². The van der Waals surface area contributed by atoms with Gasteiger partial charge >= 0.3 is 0 Å². The molecule has 136 valence electrons. The van der Waals surface area contributed by atoms with Crippen molar-refractivity contribution < 1.29 is 9.37 Å². The molecule has 0 spiro atoms. The molecule has 0 radical (unpaired) electrons. The molecule has 0 amide bonds. The molecule has 8 heteroatoms. The van der Waals surface area contributed by atoms with E-state index in [0.717, 1.165) is 37.4 Å². The maximum Gasteiger partial charge on any atom is 0.245 e. The van der Waals surface area contributed by atoms with E-state index in [0.29, 0.717) is 23.7 Å². The molecule has 1 atom stereocenters. The van der Waals surface area contributed by atoms with Gasteiger partial charge in [0.05, 0.1) is 6.10 Å². The summed E-state index contributed by atoms with van der Waals surface area (Å²) in [6.07, 6.45) is 3.62. The second-order valence-corrected chi connectivity index (χ2v) is 6.52. The number of ether oxygens (including phenoxy) is 1. The fourth-order valence-electron chi connectivity index (χ4n) is 3.14. The molecule has 1 aromatic carbocycles. The summed E-state index contributed by atoms with van der Waals surface area (Å²) in [5.41, 5.74) is 1.96. The van der Waals surface area contributed by atoms with Crippen LogP contribution < -0.4 is 10.2 Å². The van der Waals surface area contributed by atoms with Crippen LogP contribution in [-0.4, -0.2) is 46.6 Å². The first kappa shape index (κ1) is 16.7. The van der Waals surface area contributed by atoms with Gasteiger partial charge in [0.1, 0.15) is 0 Å². The Bertz CT molecular complexity index is 847. The summed E-state index contributed by atoms with van der Waals surface area (Å²) in [7, 11) is 2.00. The normalized spacial score (nSPS) is 17.3. The molecule has 1 saturated heterocycles. The van der Waals surface area contributed by atoms with E-state index in [2.05, 4.69) is 42.6 Å². The van der Waals surface area contributed by atoms with Crippen LogP contribution in [0.5, 0.6) is 0 Å². The van der Waals surface area contributed by atoms with E-state index in [9.17, 15) is 0 Å². The fraction of sp³-hybridized carbons (Fsp3) is 0.444. The maximum absolute atomic E-state index is 5.85. The van der Waals surface area contributed by atoms with Gasteiger partial charge in [-0.1, -0.05) is 30.3 Å². The van der Waals surface area contributed by atoms with Gasteiger partial charge in [-0.25, -0.2) is 14.6 Å². The average Bonchev–Trinajstić information content (AvgIpc) is 3.14. The molecular formula is C18H22N6O2. The highest BCUT2D eigenvalue weighted by atomic mass is 16.6. The van der Waals surface area contributed by atoms with E-state index in [1.54, 1.807) is 0 Å². The summed E-state index contributed by atoms with van der Waals surface area (Å²) in [6, 6.07) is 10.2. The Labute approximate surface area is 151 Å². The van der Waals surface area contributed by atoms with Crippen molar-refractivity contribution in [1.29, 1.82) is 0 Å². The zero-order valence-corrected chi connectivity index (χ0v) is 14.8. The van der Waals surface area contributed by atoms with Crippen LogP contribution in [0.1, 0.15) is 24.8 Å². The second kappa shape index (κ2) is 7.65. The van der Waals surface area contributed by atoms with Crippen molar-refractivity contribution in [2.45, 2.75) is 31.9 Å². The molecule has 0 saturated carbocycles. The number of nitrogens with one attached hydrogen (secondary N) is 1. The number of anilines is 2. The molecule has 26 heavy (non-hydrogen) atoms. The lowest BCUT2D eigenvalue weighted by Crippen LogP contribution is -2.34.